The molecule has 0 spiro atoms. The monoisotopic (exact) mass is 538 g/mol. The average Bonchev–Trinajstić information content (AvgIpc) is 3.24. The maximum atomic E-state index is 5.98. The minimum Gasteiger partial charge on any atom is -0.492 e. The van der Waals surface area contributed by atoms with Crippen molar-refractivity contribution in [2.24, 2.45) is 0 Å². The first kappa shape index (κ1) is 29.6. The maximum Gasteiger partial charge on any atom is 0.119 e. The first-order valence-electron chi connectivity index (χ1n) is 14.4. The zero-order valence-electron chi connectivity index (χ0n) is 25.6. The van der Waals surface area contributed by atoms with E-state index in [2.05, 4.69) is 139 Å². The Bertz CT molecular complexity index is 1270. The smallest absolute Gasteiger partial charge is 0.119 e. The van der Waals surface area contributed by atoms with Crippen LogP contribution in [0.3, 0.4) is 0 Å². The fraction of sp³-hybridized carbons (Fsp3) is 0.389. The number of benzene rings is 3. The summed E-state index contributed by atoms with van der Waals surface area (Å²) in [5, 5.41) is 0. The summed E-state index contributed by atoms with van der Waals surface area (Å²) in [5.41, 5.74) is 10.6. The zero-order valence-corrected chi connectivity index (χ0v) is 25.6. The third-order valence-electron chi connectivity index (χ3n) is 7.57. The van der Waals surface area contributed by atoms with Crippen molar-refractivity contribution < 1.29 is 9.47 Å². The van der Waals surface area contributed by atoms with Crippen LogP contribution >= 0.6 is 0 Å². The highest BCUT2D eigenvalue weighted by molar-refractivity contribution is 5.84. The number of hydrogen-bond acceptors (Lipinski definition) is 4. The number of ether oxygens (including phenoxy) is 2. The summed E-state index contributed by atoms with van der Waals surface area (Å²) in [6, 6.07) is 21.7. The second-order valence-electron chi connectivity index (χ2n) is 11.7. The lowest BCUT2D eigenvalue weighted by Crippen LogP contribution is -2.19. The second-order valence-corrected chi connectivity index (χ2v) is 11.7. The molecule has 1 atom stereocenters. The molecule has 0 saturated carbocycles. The molecule has 4 heteroatoms. The summed E-state index contributed by atoms with van der Waals surface area (Å²) in [6.07, 6.45) is 4.87. The molecule has 1 aliphatic rings. The molecule has 212 valence electrons. The lowest BCUT2D eigenvalue weighted by molar-refractivity contribution is 0.261. The molecule has 0 aromatic heterocycles. The van der Waals surface area contributed by atoms with Gasteiger partial charge in [0.15, 0.2) is 0 Å². The Labute approximate surface area is 241 Å². The van der Waals surface area contributed by atoms with Crippen LogP contribution in [-0.2, 0) is 0 Å². The molecule has 40 heavy (non-hydrogen) atoms. The van der Waals surface area contributed by atoms with Crippen LogP contribution in [0.4, 0.5) is 0 Å². The molecule has 0 radical (unpaired) electrons. The van der Waals surface area contributed by atoms with Crippen LogP contribution in [0.25, 0.3) is 11.1 Å². The molecule has 4 rings (SSSR count). The van der Waals surface area contributed by atoms with Crippen molar-refractivity contribution in [3.8, 4) is 11.5 Å². The van der Waals surface area contributed by atoms with Gasteiger partial charge in [-0.25, -0.2) is 0 Å². The van der Waals surface area contributed by atoms with E-state index in [-0.39, 0.29) is 5.92 Å². The fourth-order valence-electron chi connectivity index (χ4n) is 5.35. The normalized spacial score (nSPS) is 14.5. The van der Waals surface area contributed by atoms with Gasteiger partial charge in [-0.1, -0.05) is 62.4 Å². The van der Waals surface area contributed by atoms with Gasteiger partial charge in [0.2, 0.25) is 0 Å². The number of allylic oxidation sites excluding steroid dienone is 3. The number of hydrogen-bond donors (Lipinski definition) is 0. The lowest BCUT2D eigenvalue weighted by Gasteiger charge is -2.19. The number of nitrogens with zero attached hydrogens (tertiary/aromatic N) is 2. The molecule has 0 N–H and O–H groups in total. The first-order valence-corrected chi connectivity index (χ1v) is 14.4. The van der Waals surface area contributed by atoms with E-state index in [1.165, 1.54) is 44.5 Å². The minimum atomic E-state index is 0.218. The Hall–Kier alpha value is -3.34. The van der Waals surface area contributed by atoms with Gasteiger partial charge in [-0.05, 0) is 117 Å². The number of likely N-dealkylation sites (N-methyl/N-ethyl adjacent to an activating group) is 2. The summed E-state index contributed by atoms with van der Waals surface area (Å²) in [7, 11) is 8.24. The first-order chi connectivity index (χ1) is 19.1. The Morgan fingerprint density at radius 3 is 1.70 bits per heavy atom. The lowest BCUT2D eigenvalue weighted by atomic mass is 9.86. The molecule has 3 aromatic rings. The van der Waals surface area contributed by atoms with Crippen LogP contribution in [0.5, 0.6) is 11.5 Å². The minimum absolute atomic E-state index is 0.218. The largest absolute Gasteiger partial charge is 0.492 e. The van der Waals surface area contributed by atoms with Gasteiger partial charge >= 0.3 is 0 Å². The van der Waals surface area contributed by atoms with Gasteiger partial charge in [0.25, 0.3) is 0 Å². The van der Waals surface area contributed by atoms with Gasteiger partial charge < -0.3 is 19.3 Å². The summed E-state index contributed by atoms with van der Waals surface area (Å²) < 4.78 is 12.0. The van der Waals surface area contributed by atoms with Gasteiger partial charge in [0, 0.05) is 19.0 Å². The molecule has 1 aliphatic carbocycles. The Morgan fingerprint density at radius 2 is 1.25 bits per heavy atom. The highest BCUT2D eigenvalue weighted by Gasteiger charge is 2.26. The summed E-state index contributed by atoms with van der Waals surface area (Å²) in [4.78, 5) is 4.26. The zero-order chi connectivity index (χ0) is 28.8. The van der Waals surface area contributed by atoms with Crippen molar-refractivity contribution in [3.05, 3.63) is 106 Å². The molecule has 0 fully saturated rings. The number of aryl methyl sites for hydroxylation is 1. The van der Waals surface area contributed by atoms with Crippen molar-refractivity contribution in [3.63, 3.8) is 0 Å². The van der Waals surface area contributed by atoms with Crippen LogP contribution in [0, 0.1) is 6.92 Å². The van der Waals surface area contributed by atoms with Gasteiger partial charge in [0.05, 0.1) is 0 Å². The van der Waals surface area contributed by atoms with E-state index in [1.54, 1.807) is 0 Å². The SMILES string of the molecule is CC1=CC(C=C(c2ccc(OCCN(C)C)cc2)c2ccc(OCCN(C)C)cc2)c2c(C)ccc(C(C)C)c21. The van der Waals surface area contributed by atoms with Gasteiger partial charge in [0.1, 0.15) is 24.7 Å². The Morgan fingerprint density at radius 1 is 0.750 bits per heavy atom. The molecular weight excluding hydrogens is 492 g/mol. The van der Waals surface area contributed by atoms with Crippen molar-refractivity contribution >= 4 is 11.1 Å². The van der Waals surface area contributed by atoms with Crippen molar-refractivity contribution in [2.45, 2.75) is 39.5 Å². The highest BCUT2D eigenvalue weighted by Crippen LogP contribution is 2.44. The molecule has 0 bridgehead atoms. The summed E-state index contributed by atoms with van der Waals surface area (Å²) in [5.74, 6) is 2.50. The molecule has 3 aromatic carbocycles. The van der Waals surface area contributed by atoms with Crippen molar-refractivity contribution in [1.82, 2.24) is 9.80 Å². The van der Waals surface area contributed by atoms with Crippen LogP contribution in [-0.4, -0.2) is 64.3 Å². The van der Waals surface area contributed by atoms with E-state index in [0.29, 0.717) is 19.1 Å². The van der Waals surface area contributed by atoms with Crippen LogP contribution in [0.2, 0.25) is 0 Å². The van der Waals surface area contributed by atoms with Crippen molar-refractivity contribution in [1.29, 1.82) is 0 Å². The predicted molar refractivity (Wildman–Crippen MR) is 170 cm³/mol. The number of rotatable bonds is 12. The highest BCUT2D eigenvalue weighted by atomic mass is 16.5. The third kappa shape index (κ3) is 7.24. The molecule has 0 amide bonds. The van der Waals surface area contributed by atoms with E-state index in [0.717, 1.165) is 24.6 Å². The molecular formula is C36H46N2O2. The van der Waals surface area contributed by atoms with E-state index in [1.807, 2.05) is 0 Å². The van der Waals surface area contributed by atoms with Crippen LogP contribution in [0.15, 0.2) is 72.8 Å². The van der Waals surface area contributed by atoms with Gasteiger partial charge in [-0.3, -0.25) is 0 Å². The van der Waals surface area contributed by atoms with Gasteiger partial charge in [-0.2, -0.15) is 0 Å². The molecule has 0 saturated heterocycles. The van der Waals surface area contributed by atoms with Crippen LogP contribution in [0.1, 0.15) is 66.0 Å². The van der Waals surface area contributed by atoms with Gasteiger partial charge in [-0.15, -0.1) is 0 Å². The second kappa shape index (κ2) is 13.3. The third-order valence-corrected chi connectivity index (χ3v) is 7.57. The summed E-state index contributed by atoms with van der Waals surface area (Å²) in [6.45, 7) is 12.2. The van der Waals surface area contributed by atoms with E-state index in [4.69, 9.17) is 9.47 Å². The molecule has 0 heterocycles. The number of fused-ring (bicyclic) bond motifs is 1. The van der Waals surface area contributed by atoms with E-state index < -0.39 is 0 Å². The Kier molecular flexibility index (Phi) is 9.89. The van der Waals surface area contributed by atoms with Crippen molar-refractivity contribution in [2.75, 3.05) is 54.5 Å². The Balaban J connectivity index is 1.71. The average molecular weight is 539 g/mol. The quantitative estimate of drug-likeness (QED) is 0.237. The topological polar surface area (TPSA) is 24.9 Å². The standard InChI is InChI=1S/C36H46N2O2/c1-25(2)33-18-9-26(3)35-30(23-27(4)36(33)35)24-34(28-10-14-31(15-11-28)39-21-19-37(5)6)29-12-16-32(17-13-29)40-22-20-38(7)8/h9-18,23-25,30H,19-22H2,1-8H3. The molecule has 4 nitrogen and oxygen atoms in total. The van der Waals surface area contributed by atoms with Crippen LogP contribution < -0.4 is 9.47 Å². The van der Waals surface area contributed by atoms with E-state index in [9.17, 15) is 0 Å². The predicted octanol–water partition coefficient (Wildman–Crippen LogP) is 7.63. The fourth-order valence-corrected chi connectivity index (χ4v) is 5.35. The summed E-state index contributed by atoms with van der Waals surface area (Å²) >= 11 is 0. The molecule has 0 aliphatic heterocycles. The maximum absolute atomic E-state index is 5.98. The van der Waals surface area contributed by atoms with E-state index >= 15 is 0 Å². The molecule has 1 unspecified atom stereocenters.